The van der Waals surface area contributed by atoms with Crippen molar-refractivity contribution in [1.29, 1.82) is 0 Å². The summed E-state index contributed by atoms with van der Waals surface area (Å²) in [5, 5.41) is 0. The first kappa shape index (κ1) is 13.5. The molecule has 1 aliphatic rings. The van der Waals surface area contributed by atoms with Gasteiger partial charge in [0.15, 0.2) is 0 Å². The van der Waals surface area contributed by atoms with Gasteiger partial charge in [0.2, 0.25) is 5.91 Å². The van der Waals surface area contributed by atoms with Crippen molar-refractivity contribution in [1.82, 2.24) is 9.80 Å². The van der Waals surface area contributed by atoms with E-state index < -0.39 is 0 Å². The van der Waals surface area contributed by atoms with E-state index in [0.717, 1.165) is 26.1 Å². The maximum absolute atomic E-state index is 12.1. The molecule has 0 aromatic heterocycles. The molecule has 1 rings (SSSR count). The summed E-state index contributed by atoms with van der Waals surface area (Å²) in [4.78, 5) is 16.4. The summed E-state index contributed by atoms with van der Waals surface area (Å²) < 4.78 is 0. The maximum atomic E-state index is 12.1. The lowest BCUT2D eigenvalue weighted by Gasteiger charge is -2.45. The van der Waals surface area contributed by atoms with Gasteiger partial charge in [0, 0.05) is 31.6 Å². The van der Waals surface area contributed by atoms with Crippen LogP contribution >= 0.6 is 0 Å². The summed E-state index contributed by atoms with van der Waals surface area (Å²) in [5.41, 5.74) is 0.114. The highest BCUT2D eigenvalue weighted by atomic mass is 16.2. The van der Waals surface area contributed by atoms with E-state index in [0.29, 0.717) is 18.2 Å². The number of piperazine rings is 1. The van der Waals surface area contributed by atoms with Crippen LogP contribution in [-0.2, 0) is 4.79 Å². The smallest absolute Gasteiger partial charge is 0.222 e. The van der Waals surface area contributed by atoms with Gasteiger partial charge in [-0.05, 0) is 26.8 Å². The van der Waals surface area contributed by atoms with Gasteiger partial charge in [-0.15, -0.1) is 0 Å². The Morgan fingerprint density at radius 2 is 2.00 bits per heavy atom. The standard InChI is InChI=1S/C13H26N2O/c1-6-11(2)9-12(16)15-8-7-14(5)13(3,4)10-15/h11H,6-10H2,1-5H3. The highest BCUT2D eigenvalue weighted by Gasteiger charge is 2.33. The summed E-state index contributed by atoms with van der Waals surface area (Å²) in [6.07, 6.45) is 1.79. The Balaban J connectivity index is 2.52. The number of carbonyl (C=O) groups is 1. The van der Waals surface area contributed by atoms with Crippen molar-refractivity contribution in [3.63, 3.8) is 0 Å². The number of likely N-dealkylation sites (N-methyl/N-ethyl adjacent to an activating group) is 1. The molecule has 1 heterocycles. The Labute approximate surface area is 99.8 Å². The molecular weight excluding hydrogens is 200 g/mol. The van der Waals surface area contributed by atoms with E-state index >= 15 is 0 Å². The molecule has 0 aliphatic carbocycles. The monoisotopic (exact) mass is 226 g/mol. The molecular formula is C13H26N2O. The molecule has 3 heteroatoms. The topological polar surface area (TPSA) is 23.6 Å². The molecule has 0 radical (unpaired) electrons. The van der Waals surface area contributed by atoms with Crippen molar-refractivity contribution < 1.29 is 4.79 Å². The van der Waals surface area contributed by atoms with E-state index in [1.165, 1.54) is 0 Å². The Morgan fingerprint density at radius 3 is 2.50 bits per heavy atom. The minimum absolute atomic E-state index is 0.114. The largest absolute Gasteiger partial charge is 0.340 e. The minimum atomic E-state index is 0.114. The van der Waals surface area contributed by atoms with Gasteiger partial charge in [-0.1, -0.05) is 20.3 Å². The Hall–Kier alpha value is -0.570. The van der Waals surface area contributed by atoms with E-state index in [2.05, 4.69) is 39.6 Å². The first-order chi connectivity index (χ1) is 7.36. The zero-order valence-electron chi connectivity index (χ0n) is 11.4. The highest BCUT2D eigenvalue weighted by molar-refractivity contribution is 5.76. The summed E-state index contributed by atoms with van der Waals surface area (Å²) >= 11 is 0. The fourth-order valence-electron chi connectivity index (χ4n) is 2.02. The van der Waals surface area contributed by atoms with Gasteiger partial charge in [0.05, 0.1) is 0 Å². The fourth-order valence-corrected chi connectivity index (χ4v) is 2.02. The molecule has 1 atom stereocenters. The molecule has 0 aromatic carbocycles. The summed E-state index contributed by atoms with van der Waals surface area (Å²) in [5.74, 6) is 0.839. The number of rotatable bonds is 3. The molecule has 1 fully saturated rings. The number of carbonyl (C=O) groups excluding carboxylic acids is 1. The molecule has 3 nitrogen and oxygen atoms in total. The Bertz CT molecular complexity index is 250. The molecule has 0 bridgehead atoms. The van der Waals surface area contributed by atoms with E-state index in [-0.39, 0.29) is 5.54 Å². The molecule has 0 spiro atoms. The van der Waals surface area contributed by atoms with E-state index in [4.69, 9.17) is 0 Å². The van der Waals surface area contributed by atoms with Crippen molar-refractivity contribution in [2.75, 3.05) is 26.7 Å². The summed E-state index contributed by atoms with van der Waals surface area (Å²) in [7, 11) is 2.14. The Kier molecular flexibility index (Phi) is 4.36. The van der Waals surface area contributed by atoms with Gasteiger partial charge in [0.25, 0.3) is 0 Å². The van der Waals surface area contributed by atoms with Crippen molar-refractivity contribution >= 4 is 5.91 Å². The van der Waals surface area contributed by atoms with Crippen molar-refractivity contribution in [2.45, 2.75) is 46.1 Å². The van der Waals surface area contributed by atoms with E-state index in [1.807, 2.05) is 4.90 Å². The predicted octanol–water partition coefficient (Wildman–Crippen LogP) is 1.98. The van der Waals surface area contributed by atoms with Crippen LogP contribution in [0.25, 0.3) is 0 Å². The summed E-state index contributed by atoms with van der Waals surface area (Å²) in [6, 6.07) is 0. The van der Waals surface area contributed by atoms with E-state index in [1.54, 1.807) is 0 Å². The molecule has 1 unspecified atom stereocenters. The fraction of sp³-hybridized carbons (Fsp3) is 0.923. The van der Waals surface area contributed by atoms with Crippen LogP contribution in [0.15, 0.2) is 0 Å². The van der Waals surface area contributed by atoms with Crippen LogP contribution in [0.3, 0.4) is 0 Å². The van der Waals surface area contributed by atoms with Gasteiger partial charge in [-0.2, -0.15) is 0 Å². The molecule has 94 valence electrons. The minimum Gasteiger partial charge on any atom is -0.340 e. The third-order valence-corrected chi connectivity index (χ3v) is 3.89. The van der Waals surface area contributed by atoms with Crippen molar-refractivity contribution in [2.24, 2.45) is 5.92 Å². The second kappa shape index (κ2) is 5.17. The molecule has 1 aliphatic heterocycles. The van der Waals surface area contributed by atoms with Crippen molar-refractivity contribution in [3.05, 3.63) is 0 Å². The van der Waals surface area contributed by atoms with Gasteiger partial charge >= 0.3 is 0 Å². The number of nitrogens with zero attached hydrogens (tertiary/aromatic N) is 2. The second-order valence-corrected chi connectivity index (χ2v) is 5.77. The van der Waals surface area contributed by atoms with Crippen LogP contribution in [0.4, 0.5) is 0 Å². The van der Waals surface area contributed by atoms with Crippen LogP contribution < -0.4 is 0 Å². The van der Waals surface area contributed by atoms with Crippen molar-refractivity contribution in [3.8, 4) is 0 Å². The summed E-state index contributed by atoms with van der Waals surface area (Å²) in [6.45, 7) is 11.4. The van der Waals surface area contributed by atoms with Gasteiger partial charge < -0.3 is 4.90 Å². The lowest BCUT2D eigenvalue weighted by atomic mass is 9.98. The SMILES string of the molecule is CCC(C)CC(=O)N1CCN(C)C(C)(C)C1. The number of hydrogen-bond donors (Lipinski definition) is 0. The average Bonchev–Trinajstić information content (AvgIpc) is 2.21. The quantitative estimate of drug-likeness (QED) is 0.734. The molecule has 1 saturated heterocycles. The zero-order valence-corrected chi connectivity index (χ0v) is 11.4. The van der Waals surface area contributed by atoms with Gasteiger partial charge in [0.1, 0.15) is 0 Å². The maximum Gasteiger partial charge on any atom is 0.222 e. The van der Waals surface area contributed by atoms with E-state index in [9.17, 15) is 4.79 Å². The lowest BCUT2D eigenvalue weighted by molar-refractivity contribution is -0.136. The lowest BCUT2D eigenvalue weighted by Crippen LogP contribution is -2.59. The third kappa shape index (κ3) is 3.21. The highest BCUT2D eigenvalue weighted by Crippen LogP contribution is 2.20. The Morgan fingerprint density at radius 1 is 1.38 bits per heavy atom. The molecule has 0 saturated carbocycles. The predicted molar refractivity (Wildman–Crippen MR) is 67.4 cm³/mol. The molecule has 0 aromatic rings. The first-order valence-corrected chi connectivity index (χ1v) is 6.36. The van der Waals surface area contributed by atoms with Crippen LogP contribution in [0, 0.1) is 5.92 Å². The van der Waals surface area contributed by atoms with Crippen LogP contribution in [0.1, 0.15) is 40.5 Å². The third-order valence-electron chi connectivity index (χ3n) is 3.89. The van der Waals surface area contributed by atoms with Gasteiger partial charge in [-0.25, -0.2) is 0 Å². The number of amides is 1. The van der Waals surface area contributed by atoms with Gasteiger partial charge in [-0.3, -0.25) is 9.69 Å². The normalized spacial score (nSPS) is 23.2. The first-order valence-electron chi connectivity index (χ1n) is 6.36. The number of hydrogen-bond acceptors (Lipinski definition) is 2. The van der Waals surface area contributed by atoms with Crippen LogP contribution in [0.5, 0.6) is 0 Å². The average molecular weight is 226 g/mol. The second-order valence-electron chi connectivity index (χ2n) is 5.77. The molecule has 16 heavy (non-hydrogen) atoms. The molecule has 1 amide bonds. The zero-order chi connectivity index (χ0) is 12.3. The van der Waals surface area contributed by atoms with Crippen LogP contribution in [-0.4, -0.2) is 47.9 Å². The molecule has 0 N–H and O–H groups in total. The van der Waals surface area contributed by atoms with Crippen LogP contribution in [0.2, 0.25) is 0 Å².